The minimum Gasteiger partial charge on any atom is -0.486 e. The van der Waals surface area contributed by atoms with E-state index in [4.69, 9.17) is 9.47 Å². The fourth-order valence-electron chi connectivity index (χ4n) is 2.36. The largest absolute Gasteiger partial charge is 0.486 e. The van der Waals surface area contributed by atoms with Crippen LogP contribution in [-0.2, 0) is 6.54 Å². The van der Waals surface area contributed by atoms with Crippen LogP contribution in [0.2, 0.25) is 0 Å². The number of guanidine groups is 1. The number of hydrogen-bond acceptors (Lipinski definition) is 4. The van der Waals surface area contributed by atoms with Gasteiger partial charge in [-0.15, -0.1) is 0 Å². The summed E-state index contributed by atoms with van der Waals surface area (Å²) in [7, 11) is 0. The fraction of sp³-hybridized carbons (Fsp3) is 0.400. The van der Waals surface area contributed by atoms with E-state index in [0.29, 0.717) is 31.5 Å². The predicted molar refractivity (Wildman–Crippen MR) is 105 cm³/mol. The van der Waals surface area contributed by atoms with Crippen LogP contribution in [-0.4, -0.2) is 36.7 Å². The van der Waals surface area contributed by atoms with Gasteiger partial charge < -0.3 is 20.1 Å². The molecule has 0 spiro atoms. The van der Waals surface area contributed by atoms with Gasteiger partial charge in [-0.1, -0.05) is 18.2 Å². The third kappa shape index (κ3) is 6.77. The van der Waals surface area contributed by atoms with E-state index >= 15 is 0 Å². The number of benzene rings is 1. The molecule has 1 atom stereocenters. The SMILES string of the molecule is CCNC(=NCc1cccnc1OCC)NCC(C)Oc1ccccc1F. The molecule has 0 amide bonds. The maximum absolute atomic E-state index is 13.7. The maximum Gasteiger partial charge on any atom is 0.218 e. The molecule has 1 heterocycles. The monoisotopic (exact) mass is 374 g/mol. The van der Waals surface area contributed by atoms with Crippen LogP contribution in [0, 0.1) is 5.82 Å². The summed E-state index contributed by atoms with van der Waals surface area (Å²) in [5.74, 6) is 1.11. The summed E-state index contributed by atoms with van der Waals surface area (Å²) in [5, 5.41) is 6.40. The summed E-state index contributed by atoms with van der Waals surface area (Å²) in [6.45, 7) is 7.97. The van der Waals surface area contributed by atoms with Crippen LogP contribution in [0.15, 0.2) is 47.6 Å². The number of aliphatic imine (C=N–C) groups is 1. The van der Waals surface area contributed by atoms with E-state index in [1.807, 2.05) is 32.9 Å². The van der Waals surface area contributed by atoms with E-state index in [2.05, 4.69) is 20.6 Å². The average Bonchev–Trinajstić information content (AvgIpc) is 2.67. The summed E-state index contributed by atoms with van der Waals surface area (Å²) < 4.78 is 24.8. The molecule has 0 bridgehead atoms. The summed E-state index contributed by atoms with van der Waals surface area (Å²) >= 11 is 0. The van der Waals surface area contributed by atoms with Gasteiger partial charge in [0.1, 0.15) is 6.10 Å². The zero-order valence-electron chi connectivity index (χ0n) is 16.0. The standard InChI is InChI=1S/C20H27FN4O2/c1-4-22-20(25-14-16-9-8-12-23-19(16)26-5-2)24-13-15(3)27-18-11-7-6-10-17(18)21/h6-12,15H,4-5,13-14H2,1-3H3,(H2,22,24,25). The van der Waals surface area contributed by atoms with E-state index < -0.39 is 0 Å². The lowest BCUT2D eigenvalue weighted by molar-refractivity contribution is 0.214. The Morgan fingerprint density at radius 3 is 2.74 bits per heavy atom. The van der Waals surface area contributed by atoms with E-state index in [-0.39, 0.29) is 17.7 Å². The number of hydrogen-bond donors (Lipinski definition) is 2. The first-order valence-corrected chi connectivity index (χ1v) is 9.14. The molecule has 2 aromatic rings. The van der Waals surface area contributed by atoms with Crippen LogP contribution in [0.3, 0.4) is 0 Å². The molecule has 1 aromatic heterocycles. The quantitative estimate of drug-likeness (QED) is 0.521. The molecule has 2 rings (SSSR count). The number of nitrogens with zero attached hydrogens (tertiary/aromatic N) is 2. The number of ether oxygens (including phenoxy) is 2. The molecule has 7 heteroatoms. The van der Waals surface area contributed by atoms with Gasteiger partial charge in [0, 0.05) is 18.3 Å². The van der Waals surface area contributed by atoms with Crippen LogP contribution >= 0.6 is 0 Å². The van der Waals surface area contributed by atoms with Crippen molar-refractivity contribution in [3.05, 3.63) is 54.0 Å². The van der Waals surface area contributed by atoms with Crippen molar-refractivity contribution in [1.29, 1.82) is 0 Å². The number of halogens is 1. The topological polar surface area (TPSA) is 67.8 Å². The van der Waals surface area contributed by atoms with Crippen LogP contribution in [0.1, 0.15) is 26.3 Å². The van der Waals surface area contributed by atoms with E-state index in [1.54, 1.807) is 24.4 Å². The highest BCUT2D eigenvalue weighted by molar-refractivity contribution is 5.79. The number of pyridine rings is 1. The second-order valence-electron chi connectivity index (χ2n) is 5.84. The molecular formula is C20H27FN4O2. The molecule has 0 aliphatic carbocycles. The molecule has 0 saturated carbocycles. The van der Waals surface area contributed by atoms with Gasteiger partial charge in [-0.05, 0) is 39.0 Å². The van der Waals surface area contributed by atoms with Crippen LogP contribution < -0.4 is 20.1 Å². The lowest BCUT2D eigenvalue weighted by Gasteiger charge is -2.18. The molecule has 6 nitrogen and oxygen atoms in total. The molecule has 1 unspecified atom stereocenters. The number of aromatic nitrogens is 1. The Morgan fingerprint density at radius 1 is 1.19 bits per heavy atom. The second-order valence-corrected chi connectivity index (χ2v) is 5.84. The van der Waals surface area contributed by atoms with Gasteiger partial charge in [0.25, 0.3) is 0 Å². The zero-order chi connectivity index (χ0) is 19.5. The van der Waals surface area contributed by atoms with Crippen LogP contribution in [0.5, 0.6) is 11.6 Å². The third-order valence-corrected chi connectivity index (χ3v) is 3.60. The molecule has 0 fully saturated rings. The highest BCUT2D eigenvalue weighted by atomic mass is 19.1. The molecular weight excluding hydrogens is 347 g/mol. The normalized spacial score (nSPS) is 12.4. The van der Waals surface area contributed by atoms with E-state index in [9.17, 15) is 4.39 Å². The minimum absolute atomic E-state index is 0.233. The summed E-state index contributed by atoms with van der Waals surface area (Å²) in [6, 6.07) is 10.2. The Labute approximate surface area is 159 Å². The highest BCUT2D eigenvalue weighted by Crippen LogP contribution is 2.17. The van der Waals surface area contributed by atoms with Gasteiger partial charge in [0.05, 0.1) is 19.7 Å². The maximum atomic E-state index is 13.7. The first-order chi connectivity index (χ1) is 13.1. The van der Waals surface area contributed by atoms with Crippen molar-refractivity contribution in [2.24, 2.45) is 4.99 Å². The van der Waals surface area contributed by atoms with Gasteiger partial charge in [-0.2, -0.15) is 0 Å². The molecule has 0 aliphatic heterocycles. The molecule has 27 heavy (non-hydrogen) atoms. The van der Waals surface area contributed by atoms with Crippen molar-refractivity contribution < 1.29 is 13.9 Å². The van der Waals surface area contributed by atoms with Gasteiger partial charge in [-0.25, -0.2) is 14.4 Å². The van der Waals surface area contributed by atoms with Crippen molar-refractivity contribution in [2.75, 3.05) is 19.7 Å². The van der Waals surface area contributed by atoms with Gasteiger partial charge in [0.15, 0.2) is 17.5 Å². The van der Waals surface area contributed by atoms with Crippen LogP contribution in [0.4, 0.5) is 4.39 Å². The molecule has 1 aromatic carbocycles. The first-order valence-electron chi connectivity index (χ1n) is 9.14. The Balaban J connectivity index is 1.94. The molecule has 0 aliphatic rings. The Hall–Kier alpha value is -2.83. The van der Waals surface area contributed by atoms with E-state index in [1.165, 1.54) is 6.07 Å². The number of para-hydroxylation sites is 1. The minimum atomic E-state index is -0.370. The summed E-state index contributed by atoms with van der Waals surface area (Å²) in [5.41, 5.74) is 0.909. The first kappa shape index (κ1) is 20.5. The van der Waals surface area contributed by atoms with Gasteiger partial charge in [0.2, 0.25) is 5.88 Å². The van der Waals surface area contributed by atoms with Crippen molar-refractivity contribution in [3.63, 3.8) is 0 Å². The second kappa shape index (κ2) is 11.0. The lowest BCUT2D eigenvalue weighted by atomic mass is 10.3. The van der Waals surface area contributed by atoms with Crippen LogP contribution in [0.25, 0.3) is 0 Å². The van der Waals surface area contributed by atoms with Crippen molar-refractivity contribution in [2.45, 2.75) is 33.4 Å². The average molecular weight is 374 g/mol. The summed E-state index contributed by atoms with van der Waals surface area (Å²) in [6.07, 6.45) is 1.46. The Kier molecular flexibility index (Phi) is 8.35. The zero-order valence-corrected chi connectivity index (χ0v) is 16.0. The van der Waals surface area contributed by atoms with Gasteiger partial charge >= 0.3 is 0 Å². The Bertz CT molecular complexity index is 739. The molecule has 0 radical (unpaired) electrons. The van der Waals surface area contributed by atoms with Crippen molar-refractivity contribution in [3.8, 4) is 11.6 Å². The fourth-order valence-corrected chi connectivity index (χ4v) is 2.36. The van der Waals surface area contributed by atoms with Crippen molar-refractivity contribution >= 4 is 5.96 Å². The Morgan fingerprint density at radius 2 is 2.00 bits per heavy atom. The van der Waals surface area contributed by atoms with Crippen molar-refractivity contribution in [1.82, 2.24) is 15.6 Å². The third-order valence-electron chi connectivity index (χ3n) is 3.60. The predicted octanol–water partition coefficient (Wildman–Crippen LogP) is 3.14. The smallest absolute Gasteiger partial charge is 0.218 e. The molecule has 2 N–H and O–H groups in total. The number of nitrogens with one attached hydrogen (secondary N) is 2. The van der Waals surface area contributed by atoms with Gasteiger partial charge in [-0.3, -0.25) is 0 Å². The number of rotatable bonds is 9. The summed E-state index contributed by atoms with van der Waals surface area (Å²) in [4.78, 5) is 8.80. The lowest BCUT2D eigenvalue weighted by Crippen LogP contribution is -2.41. The highest BCUT2D eigenvalue weighted by Gasteiger charge is 2.09. The molecule has 146 valence electrons. The van der Waals surface area contributed by atoms with E-state index in [0.717, 1.165) is 12.1 Å². The molecule has 0 saturated heterocycles.